The van der Waals surface area contributed by atoms with Crippen molar-refractivity contribution in [2.75, 3.05) is 14.2 Å². The van der Waals surface area contributed by atoms with E-state index in [9.17, 15) is 13.6 Å². The highest BCUT2D eigenvalue weighted by atomic mass is 19.1. The van der Waals surface area contributed by atoms with Crippen LogP contribution in [0, 0.1) is 11.6 Å². The largest absolute Gasteiger partial charge is 0.320 e. The number of hydrogen-bond acceptors (Lipinski definition) is 3. The summed E-state index contributed by atoms with van der Waals surface area (Å²) >= 11 is 0. The Morgan fingerprint density at radius 1 is 1.41 bits per heavy atom. The number of carbonyl (C=O) groups excluding carboxylic acids is 1. The van der Waals surface area contributed by atoms with E-state index in [1.807, 2.05) is 0 Å². The number of halogens is 2. The summed E-state index contributed by atoms with van der Waals surface area (Å²) in [6, 6.07) is 2.14. The molecular weight excluding hydrogens is 230 g/mol. The van der Waals surface area contributed by atoms with Gasteiger partial charge in [-0.2, -0.15) is 0 Å². The number of hydrogen-bond donors (Lipinski definition) is 1. The second-order valence-electron chi connectivity index (χ2n) is 3.61. The predicted octanol–water partition coefficient (Wildman–Crippen LogP) is 0.854. The number of benzene rings is 1. The van der Waals surface area contributed by atoms with Gasteiger partial charge in [-0.3, -0.25) is 9.63 Å². The molecule has 1 aromatic carbocycles. The molecule has 1 aromatic rings. The minimum absolute atomic E-state index is 0.0429. The fourth-order valence-corrected chi connectivity index (χ4v) is 1.39. The van der Waals surface area contributed by atoms with E-state index < -0.39 is 23.6 Å². The average molecular weight is 244 g/mol. The molecule has 0 fully saturated rings. The van der Waals surface area contributed by atoms with Crippen LogP contribution in [0.25, 0.3) is 0 Å². The fraction of sp³-hybridized carbons (Fsp3) is 0.364. The first-order chi connectivity index (χ1) is 7.93. The van der Waals surface area contributed by atoms with Crippen LogP contribution < -0.4 is 5.73 Å². The topological polar surface area (TPSA) is 55.6 Å². The molecule has 1 rings (SSSR count). The minimum Gasteiger partial charge on any atom is -0.320 e. The van der Waals surface area contributed by atoms with Crippen molar-refractivity contribution >= 4 is 5.91 Å². The third kappa shape index (κ3) is 3.76. The third-order valence-electron chi connectivity index (χ3n) is 2.28. The third-order valence-corrected chi connectivity index (χ3v) is 2.28. The molecule has 0 heterocycles. The summed E-state index contributed by atoms with van der Waals surface area (Å²) in [6.45, 7) is 0. The van der Waals surface area contributed by atoms with Gasteiger partial charge in [-0.15, -0.1) is 0 Å². The van der Waals surface area contributed by atoms with E-state index in [2.05, 4.69) is 4.84 Å². The van der Waals surface area contributed by atoms with E-state index in [-0.39, 0.29) is 6.42 Å². The maximum absolute atomic E-state index is 12.9. The normalized spacial score (nSPS) is 12.3. The zero-order valence-electron chi connectivity index (χ0n) is 9.61. The lowest BCUT2D eigenvalue weighted by atomic mass is 10.1. The Hall–Kier alpha value is -1.53. The molecule has 0 aliphatic rings. The van der Waals surface area contributed by atoms with Gasteiger partial charge in [-0.25, -0.2) is 13.8 Å². The molecule has 0 aromatic heterocycles. The molecule has 17 heavy (non-hydrogen) atoms. The minimum atomic E-state index is -0.902. The molecule has 2 N–H and O–H groups in total. The Morgan fingerprint density at radius 3 is 2.41 bits per heavy atom. The first kappa shape index (κ1) is 13.5. The van der Waals surface area contributed by atoms with E-state index >= 15 is 0 Å². The van der Waals surface area contributed by atoms with Gasteiger partial charge in [0.25, 0.3) is 5.91 Å². The molecule has 0 aliphatic carbocycles. The Morgan fingerprint density at radius 2 is 1.94 bits per heavy atom. The average Bonchev–Trinajstić information content (AvgIpc) is 2.25. The molecule has 0 saturated carbocycles. The Labute approximate surface area is 97.9 Å². The van der Waals surface area contributed by atoms with Gasteiger partial charge in [-0.1, -0.05) is 0 Å². The van der Waals surface area contributed by atoms with E-state index in [4.69, 9.17) is 5.73 Å². The molecule has 0 spiro atoms. The summed E-state index contributed by atoms with van der Waals surface area (Å²) in [5.41, 5.74) is 5.94. The molecular formula is C11H14F2N2O2. The van der Waals surface area contributed by atoms with Gasteiger partial charge in [0.2, 0.25) is 0 Å². The number of hydroxylamine groups is 2. The number of nitrogens with two attached hydrogens (primary N) is 1. The van der Waals surface area contributed by atoms with Crippen molar-refractivity contribution in [2.45, 2.75) is 12.5 Å². The Balaban J connectivity index is 2.74. The van der Waals surface area contributed by atoms with Crippen molar-refractivity contribution in [1.29, 1.82) is 0 Å². The van der Waals surface area contributed by atoms with Crippen LogP contribution in [0.3, 0.4) is 0 Å². The van der Waals surface area contributed by atoms with E-state index in [1.54, 1.807) is 0 Å². The molecule has 0 radical (unpaired) electrons. The van der Waals surface area contributed by atoms with Gasteiger partial charge in [0.05, 0.1) is 13.2 Å². The van der Waals surface area contributed by atoms with Crippen molar-refractivity contribution in [3.8, 4) is 0 Å². The number of nitrogens with zero attached hydrogens (tertiary/aromatic N) is 1. The lowest BCUT2D eigenvalue weighted by molar-refractivity contribution is -0.170. The number of rotatable bonds is 4. The smallest absolute Gasteiger partial charge is 0.263 e. The van der Waals surface area contributed by atoms with Crippen LogP contribution in [-0.2, 0) is 16.1 Å². The van der Waals surface area contributed by atoms with Crippen LogP contribution in [0.5, 0.6) is 0 Å². The number of likely N-dealkylation sites (N-methyl/N-ethyl adjacent to an activating group) is 1. The summed E-state index contributed by atoms with van der Waals surface area (Å²) < 4.78 is 25.8. The standard InChI is InChI=1S/C11H14F2N2O2/c1-15(17-2)11(16)10(14)5-7-3-8(12)6-9(13)4-7/h3-4,6,10H,5,14H2,1-2H3/t10-/m0/s1. The van der Waals surface area contributed by atoms with Crippen LogP contribution >= 0.6 is 0 Å². The SMILES string of the molecule is CON(C)C(=O)[C@@H](N)Cc1cc(F)cc(F)c1. The van der Waals surface area contributed by atoms with Gasteiger partial charge in [0.15, 0.2) is 0 Å². The van der Waals surface area contributed by atoms with Gasteiger partial charge in [0.1, 0.15) is 11.6 Å². The highest BCUT2D eigenvalue weighted by Gasteiger charge is 2.18. The Kier molecular flexibility index (Phi) is 4.53. The van der Waals surface area contributed by atoms with E-state index in [0.717, 1.165) is 23.3 Å². The fourth-order valence-electron chi connectivity index (χ4n) is 1.39. The first-order valence-electron chi connectivity index (χ1n) is 4.96. The van der Waals surface area contributed by atoms with Gasteiger partial charge in [0, 0.05) is 13.1 Å². The van der Waals surface area contributed by atoms with Crippen LogP contribution in [0.1, 0.15) is 5.56 Å². The molecule has 1 amide bonds. The molecule has 6 heteroatoms. The summed E-state index contributed by atoms with van der Waals surface area (Å²) in [4.78, 5) is 16.2. The molecule has 1 atom stereocenters. The maximum atomic E-state index is 12.9. The summed E-state index contributed by atoms with van der Waals surface area (Å²) in [5.74, 6) is -1.85. The van der Waals surface area contributed by atoms with Crippen molar-refractivity contribution < 1.29 is 18.4 Å². The molecule has 0 aliphatic heterocycles. The zero-order chi connectivity index (χ0) is 13.0. The van der Waals surface area contributed by atoms with Crippen molar-refractivity contribution in [3.63, 3.8) is 0 Å². The molecule has 0 bridgehead atoms. The van der Waals surface area contributed by atoms with E-state index in [1.165, 1.54) is 14.2 Å². The summed E-state index contributed by atoms with van der Waals surface area (Å²) in [7, 11) is 2.74. The predicted molar refractivity (Wildman–Crippen MR) is 57.8 cm³/mol. The molecule has 94 valence electrons. The number of amides is 1. The highest BCUT2D eigenvalue weighted by molar-refractivity contribution is 5.80. The number of carbonyl (C=O) groups is 1. The maximum Gasteiger partial charge on any atom is 0.263 e. The van der Waals surface area contributed by atoms with E-state index in [0.29, 0.717) is 5.56 Å². The van der Waals surface area contributed by atoms with Crippen LogP contribution in [-0.4, -0.2) is 31.2 Å². The van der Waals surface area contributed by atoms with Crippen LogP contribution in [0.4, 0.5) is 8.78 Å². The Bertz CT molecular complexity index is 392. The van der Waals surface area contributed by atoms with Gasteiger partial charge < -0.3 is 5.73 Å². The quantitative estimate of drug-likeness (QED) is 0.799. The van der Waals surface area contributed by atoms with Crippen molar-refractivity contribution in [3.05, 3.63) is 35.4 Å². The van der Waals surface area contributed by atoms with Crippen LogP contribution in [0.2, 0.25) is 0 Å². The first-order valence-corrected chi connectivity index (χ1v) is 4.96. The molecule has 0 unspecified atom stereocenters. The monoisotopic (exact) mass is 244 g/mol. The molecule has 4 nitrogen and oxygen atoms in total. The molecule has 0 saturated heterocycles. The second kappa shape index (κ2) is 5.70. The van der Waals surface area contributed by atoms with Crippen molar-refractivity contribution in [2.24, 2.45) is 5.73 Å². The summed E-state index contributed by atoms with van der Waals surface area (Å²) in [6.07, 6.45) is 0.0429. The zero-order valence-corrected chi connectivity index (χ0v) is 9.61. The summed E-state index contributed by atoms with van der Waals surface area (Å²) in [5, 5.41) is 0.973. The highest BCUT2D eigenvalue weighted by Crippen LogP contribution is 2.10. The van der Waals surface area contributed by atoms with Gasteiger partial charge in [-0.05, 0) is 24.1 Å². The lowest BCUT2D eigenvalue weighted by Crippen LogP contribution is -2.42. The lowest BCUT2D eigenvalue weighted by Gasteiger charge is -2.18. The second-order valence-corrected chi connectivity index (χ2v) is 3.61. The van der Waals surface area contributed by atoms with Crippen molar-refractivity contribution in [1.82, 2.24) is 5.06 Å². The van der Waals surface area contributed by atoms with Gasteiger partial charge >= 0.3 is 0 Å². The van der Waals surface area contributed by atoms with Crippen LogP contribution in [0.15, 0.2) is 18.2 Å².